The number of methoxy groups -OCH3 is 2. The van der Waals surface area contributed by atoms with Crippen molar-refractivity contribution >= 4 is 21.9 Å². The highest BCUT2D eigenvalue weighted by Gasteiger charge is 2.47. The molecule has 222 valence electrons. The summed E-state index contributed by atoms with van der Waals surface area (Å²) in [5.41, 5.74) is 2.96. The van der Waals surface area contributed by atoms with Crippen molar-refractivity contribution in [2.45, 2.75) is 35.9 Å². The molecule has 0 unspecified atom stereocenters. The summed E-state index contributed by atoms with van der Waals surface area (Å²) in [5, 5.41) is 14.0. The summed E-state index contributed by atoms with van der Waals surface area (Å²) in [6, 6.07) is 26.2. The molecule has 5 rings (SSSR count). The van der Waals surface area contributed by atoms with Gasteiger partial charge in [-0.25, -0.2) is 17.5 Å². The smallest absolute Gasteiger partial charge is 0.328 e. The van der Waals surface area contributed by atoms with Crippen LogP contribution in [0.4, 0.5) is 0 Å². The summed E-state index contributed by atoms with van der Waals surface area (Å²) in [6.45, 7) is 0.329. The first kappa shape index (κ1) is 29.8. The minimum absolute atomic E-state index is 0.121. The van der Waals surface area contributed by atoms with Gasteiger partial charge in [0, 0.05) is 18.5 Å². The zero-order chi connectivity index (χ0) is 30.6. The van der Waals surface area contributed by atoms with Crippen LogP contribution in [0.5, 0.6) is 11.5 Å². The van der Waals surface area contributed by atoms with E-state index in [9.17, 15) is 23.1 Å². The first-order valence-corrected chi connectivity index (χ1v) is 15.1. The zero-order valence-electron chi connectivity index (χ0n) is 23.7. The molecule has 0 bridgehead atoms. The number of nitrogens with one attached hydrogen (secondary N) is 1. The molecule has 1 heterocycles. The van der Waals surface area contributed by atoms with Crippen LogP contribution in [0.15, 0.2) is 108 Å². The van der Waals surface area contributed by atoms with Crippen LogP contribution in [0.1, 0.15) is 28.2 Å². The van der Waals surface area contributed by atoms with Gasteiger partial charge >= 0.3 is 5.97 Å². The molecule has 2 atom stereocenters. The fourth-order valence-electron chi connectivity index (χ4n) is 5.53. The Morgan fingerprint density at radius 2 is 1.37 bits per heavy atom. The van der Waals surface area contributed by atoms with Crippen LogP contribution in [0.2, 0.25) is 0 Å². The second-order valence-electron chi connectivity index (χ2n) is 10.1. The van der Waals surface area contributed by atoms with E-state index in [-0.39, 0.29) is 22.8 Å². The van der Waals surface area contributed by atoms with Gasteiger partial charge in [0.15, 0.2) is 17.5 Å². The summed E-state index contributed by atoms with van der Waals surface area (Å²) in [7, 11) is -1.98. The summed E-state index contributed by atoms with van der Waals surface area (Å²) in [6.07, 6.45) is 0.195. The maximum atomic E-state index is 14.6. The standard InChI is InChI=1S/C33H32N2O7S/c1-41-28-18-17-26(20-29(28)42-2)43(39,40)35(32(36)27-19-24-15-9-10-16-25(24)21-34-27)31(33(37)38)30(22-11-5-3-6-12-22)23-13-7-4-8-14-23/h3-18,20,27,30-31,34H,19,21H2,1-2H3,(H,37,38)/t27-,31-/m0/s1. The number of hydrogen-bond acceptors (Lipinski definition) is 7. The number of benzene rings is 4. The second kappa shape index (κ2) is 12.7. The van der Waals surface area contributed by atoms with Gasteiger partial charge in [-0.15, -0.1) is 0 Å². The van der Waals surface area contributed by atoms with E-state index in [1.54, 1.807) is 60.7 Å². The molecule has 2 N–H and O–H groups in total. The van der Waals surface area contributed by atoms with Crippen LogP contribution >= 0.6 is 0 Å². The maximum absolute atomic E-state index is 14.6. The van der Waals surface area contributed by atoms with Gasteiger partial charge < -0.3 is 19.9 Å². The van der Waals surface area contributed by atoms with Gasteiger partial charge in [-0.2, -0.15) is 0 Å². The number of hydrogen-bond donors (Lipinski definition) is 2. The fraction of sp³-hybridized carbons (Fsp3) is 0.212. The lowest BCUT2D eigenvalue weighted by Crippen LogP contribution is -2.58. The van der Waals surface area contributed by atoms with Crippen molar-refractivity contribution in [1.29, 1.82) is 0 Å². The Kier molecular flexibility index (Phi) is 8.79. The van der Waals surface area contributed by atoms with Gasteiger partial charge in [-0.05, 0) is 40.8 Å². The fourth-order valence-corrected chi connectivity index (χ4v) is 7.13. The molecule has 0 aliphatic carbocycles. The number of carbonyl (C=O) groups is 2. The highest BCUT2D eigenvalue weighted by atomic mass is 32.2. The van der Waals surface area contributed by atoms with Crippen LogP contribution in [-0.2, 0) is 32.6 Å². The van der Waals surface area contributed by atoms with E-state index >= 15 is 0 Å². The van der Waals surface area contributed by atoms with E-state index in [0.29, 0.717) is 22.0 Å². The minimum atomic E-state index is -4.76. The highest BCUT2D eigenvalue weighted by Crippen LogP contribution is 2.37. The number of fused-ring (bicyclic) bond motifs is 1. The molecule has 43 heavy (non-hydrogen) atoms. The molecule has 0 fully saturated rings. The number of carboxylic acids is 1. The zero-order valence-corrected chi connectivity index (χ0v) is 24.5. The lowest BCUT2D eigenvalue weighted by molar-refractivity contribution is -0.147. The van der Waals surface area contributed by atoms with Crippen LogP contribution in [0.25, 0.3) is 0 Å². The first-order valence-electron chi connectivity index (χ1n) is 13.7. The van der Waals surface area contributed by atoms with Crippen molar-refractivity contribution in [3.05, 3.63) is 125 Å². The van der Waals surface area contributed by atoms with E-state index in [4.69, 9.17) is 9.47 Å². The highest BCUT2D eigenvalue weighted by molar-refractivity contribution is 7.89. The van der Waals surface area contributed by atoms with E-state index in [1.807, 2.05) is 24.3 Å². The Morgan fingerprint density at radius 1 is 0.814 bits per heavy atom. The molecule has 1 aliphatic rings. The number of aliphatic carboxylic acids is 1. The van der Waals surface area contributed by atoms with Gasteiger partial charge in [-0.1, -0.05) is 84.9 Å². The van der Waals surface area contributed by atoms with Gasteiger partial charge in [0.2, 0.25) is 0 Å². The number of nitrogens with zero attached hydrogens (tertiary/aromatic N) is 1. The number of sulfonamides is 1. The molecule has 4 aromatic rings. The molecule has 1 aliphatic heterocycles. The second-order valence-corrected chi connectivity index (χ2v) is 12.0. The third-order valence-electron chi connectivity index (χ3n) is 7.65. The van der Waals surface area contributed by atoms with Crippen molar-refractivity contribution in [2.24, 2.45) is 0 Å². The van der Waals surface area contributed by atoms with E-state index < -0.39 is 39.9 Å². The average Bonchev–Trinajstić information content (AvgIpc) is 3.04. The monoisotopic (exact) mass is 600 g/mol. The van der Waals surface area contributed by atoms with Crippen molar-refractivity contribution in [1.82, 2.24) is 9.62 Å². The third kappa shape index (κ3) is 5.97. The number of amides is 1. The molecule has 0 saturated carbocycles. The molecule has 1 amide bonds. The van der Waals surface area contributed by atoms with Gasteiger partial charge in [-0.3, -0.25) is 4.79 Å². The predicted molar refractivity (Wildman–Crippen MR) is 161 cm³/mol. The van der Waals surface area contributed by atoms with E-state index in [1.165, 1.54) is 32.4 Å². The van der Waals surface area contributed by atoms with E-state index in [0.717, 1.165) is 11.1 Å². The maximum Gasteiger partial charge on any atom is 0.328 e. The quantitative estimate of drug-likeness (QED) is 0.278. The van der Waals surface area contributed by atoms with Gasteiger partial charge in [0.25, 0.3) is 15.9 Å². The first-order chi connectivity index (χ1) is 20.8. The minimum Gasteiger partial charge on any atom is -0.493 e. The molecule has 10 heteroatoms. The molecule has 0 radical (unpaired) electrons. The summed E-state index contributed by atoms with van der Waals surface area (Å²) >= 11 is 0. The van der Waals surface area contributed by atoms with Crippen LogP contribution in [0, 0.1) is 0 Å². The molecule has 4 aromatic carbocycles. The number of carboxylic acid groups (broad SMARTS) is 1. The molecule has 0 aromatic heterocycles. The SMILES string of the molecule is COc1ccc(S(=O)(=O)N(C(=O)[C@@H]2Cc3ccccc3CN2)[C@H](C(=O)O)C(c2ccccc2)c2ccccc2)cc1OC. The van der Waals surface area contributed by atoms with E-state index in [2.05, 4.69) is 5.32 Å². The lowest BCUT2D eigenvalue weighted by atomic mass is 9.84. The van der Waals surface area contributed by atoms with Crippen molar-refractivity contribution in [3.63, 3.8) is 0 Å². The van der Waals surface area contributed by atoms with Crippen LogP contribution in [0.3, 0.4) is 0 Å². The van der Waals surface area contributed by atoms with Crippen LogP contribution in [-0.4, -0.2) is 56.0 Å². The summed E-state index contributed by atoms with van der Waals surface area (Å²) < 4.78 is 40.3. The average molecular weight is 601 g/mol. The van der Waals surface area contributed by atoms with Gasteiger partial charge in [0.1, 0.15) is 0 Å². The molecule has 9 nitrogen and oxygen atoms in total. The molecule has 0 spiro atoms. The number of ether oxygens (including phenoxy) is 2. The molecular weight excluding hydrogens is 568 g/mol. The normalized spacial score (nSPS) is 15.3. The topological polar surface area (TPSA) is 122 Å². The predicted octanol–water partition coefficient (Wildman–Crippen LogP) is 4.22. The largest absolute Gasteiger partial charge is 0.493 e. The Bertz CT molecular complexity index is 1670. The Labute approximate surface area is 250 Å². The molecule has 0 saturated heterocycles. The number of rotatable bonds is 10. The third-order valence-corrected chi connectivity index (χ3v) is 9.42. The molecular formula is C33H32N2O7S. The van der Waals surface area contributed by atoms with Crippen molar-refractivity contribution in [3.8, 4) is 11.5 Å². The van der Waals surface area contributed by atoms with Gasteiger partial charge in [0.05, 0.1) is 25.2 Å². The summed E-state index contributed by atoms with van der Waals surface area (Å²) in [5.74, 6) is -2.95. The van der Waals surface area contributed by atoms with Crippen molar-refractivity contribution < 1.29 is 32.6 Å². The Hall–Kier alpha value is -4.67. The van der Waals surface area contributed by atoms with Crippen molar-refractivity contribution in [2.75, 3.05) is 14.2 Å². The summed E-state index contributed by atoms with van der Waals surface area (Å²) in [4.78, 5) is 27.5. The Balaban J connectivity index is 1.71. The lowest BCUT2D eigenvalue weighted by Gasteiger charge is -2.37. The van der Waals surface area contributed by atoms with Crippen LogP contribution < -0.4 is 14.8 Å². The number of carbonyl (C=O) groups excluding carboxylic acids is 1. The Morgan fingerprint density at radius 3 is 1.93 bits per heavy atom.